The highest BCUT2D eigenvalue weighted by Crippen LogP contribution is 2.74. The van der Waals surface area contributed by atoms with Crippen LogP contribution in [0.4, 0.5) is 17.1 Å². The van der Waals surface area contributed by atoms with Gasteiger partial charge in [-0.3, -0.25) is 0 Å². The van der Waals surface area contributed by atoms with Gasteiger partial charge in [-0.05, 0) is 152 Å². The van der Waals surface area contributed by atoms with E-state index in [0.717, 1.165) is 11.8 Å². The van der Waals surface area contributed by atoms with Crippen molar-refractivity contribution in [2.45, 2.75) is 36.5 Å². The predicted molar refractivity (Wildman–Crippen MR) is 267 cm³/mol. The highest BCUT2D eigenvalue weighted by atomic mass is 15.1. The zero-order chi connectivity index (χ0) is 42.4. The zero-order valence-electron chi connectivity index (χ0n) is 36.3. The second-order valence-electron chi connectivity index (χ2n) is 19.9. The van der Waals surface area contributed by atoms with Crippen LogP contribution in [0.5, 0.6) is 0 Å². The van der Waals surface area contributed by atoms with Gasteiger partial charge in [0.1, 0.15) is 0 Å². The van der Waals surface area contributed by atoms with Gasteiger partial charge < -0.3 is 4.90 Å². The number of nitrogens with zero attached hydrogens (tertiary/aromatic N) is 1. The maximum Gasteiger partial charge on any atom is 0.0725 e. The third-order valence-electron chi connectivity index (χ3n) is 17.3. The molecule has 5 atom stereocenters. The zero-order valence-corrected chi connectivity index (χ0v) is 36.3. The fourth-order valence-electron chi connectivity index (χ4n) is 15.3. The van der Waals surface area contributed by atoms with Crippen LogP contribution in [-0.4, -0.2) is 0 Å². The molecule has 5 unspecified atom stereocenters. The van der Waals surface area contributed by atoms with E-state index < -0.39 is 5.41 Å². The molecule has 4 fully saturated rings. The van der Waals surface area contributed by atoms with E-state index >= 15 is 0 Å². The van der Waals surface area contributed by atoms with E-state index in [1.165, 1.54) is 121 Å². The monoisotopic (exact) mass is 829 g/mol. The Labute approximate surface area is 381 Å². The number of fused-ring (bicyclic) bond motifs is 13. The van der Waals surface area contributed by atoms with E-state index in [4.69, 9.17) is 0 Å². The number of hydrogen-bond acceptors (Lipinski definition) is 1. The second kappa shape index (κ2) is 13.2. The summed E-state index contributed by atoms with van der Waals surface area (Å²) >= 11 is 0. The molecule has 7 aliphatic carbocycles. The fourth-order valence-corrected chi connectivity index (χ4v) is 15.3. The molecule has 0 radical (unpaired) electrons. The lowest BCUT2D eigenvalue weighted by Crippen LogP contribution is -2.40. The summed E-state index contributed by atoms with van der Waals surface area (Å²) in [4.78, 5) is 2.67. The van der Waals surface area contributed by atoms with Crippen molar-refractivity contribution in [1.29, 1.82) is 0 Å². The molecule has 16 rings (SSSR count). The molecule has 1 heteroatoms. The van der Waals surface area contributed by atoms with Crippen LogP contribution in [0.25, 0.3) is 55.6 Å². The minimum atomic E-state index is -0.398. The highest BCUT2D eigenvalue weighted by molar-refractivity contribution is 6.03. The molecule has 0 heterocycles. The molecule has 4 bridgehead atoms. The van der Waals surface area contributed by atoms with Gasteiger partial charge in [0.2, 0.25) is 0 Å². The molecule has 65 heavy (non-hydrogen) atoms. The van der Waals surface area contributed by atoms with E-state index in [0.29, 0.717) is 11.8 Å². The van der Waals surface area contributed by atoms with Crippen molar-refractivity contribution in [1.82, 2.24) is 0 Å². The first-order valence-electron chi connectivity index (χ1n) is 24.0. The minimum Gasteiger partial charge on any atom is -0.309 e. The number of rotatable bonds is 5. The van der Waals surface area contributed by atoms with Crippen LogP contribution >= 0.6 is 0 Å². The van der Waals surface area contributed by atoms with Crippen LogP contribution in [0.2, 0.25) is 0 Å². The lowest BCUT2D eigenvalue weighted by molar-refractivity contribution is 0.191. The SMILES string of the molecule is c1ccc(-c2cccc(N(c3ccc4c(c3)-c3ccccc3C43c4ccccc4-c4ccccc43)c3cccc4c3-c3ccccc3C43C4CC5CC(C4)C3C5)c2-c2ccccc2)cc1. The van der Waals surface area contributed by atoms with Crippen LogP contribution in [0, 0.1) is 23.7 Å². The van der Waals surface area contributed by atoms with Crippen molar-refractivity contribution >= 4 is 17.1 Å². The highest BCUT2D eigenvalue weighted by Gasteiger charge is 2.66. The number of hydrogen-bond donors (Lipinski definition) is 0. The molecule has 308 valence electrons. The summed E-state index contributed by atoms with van der Waals surface area (Å²) in [5.41, 5.74) is 25.0. The van der Waals surface area contributed by atoms with Crippen LogP contribution in [-0.2, 0) is 10.8 Å². The number of anilines is 3. The van der Waals surface area contributed by atoms with Crippen molar-refractivity contribution < 1.29 is 0 Å². The van der Waals surface area contributed by atoms with Gasteiger partial charge in [0, 0.05) is 22.2 Å². The third-order valence-corrected chi connectivity index (χ3v) is 17.3. The average molecular weight is 830 g/mol. The van der Waals surface area contributed by atoms with Crippen LogP contribution in [0.3, 0.4) is 0 Å². The van der Waals surface area contributed by atoms with Crippen molar-refractivity contribution in [2.24, 2.45) is 23.7 Å². The van der Waals surface area contributed by atoms with E-state index in [1.807, 2.05) is 0 Å². The van der Waals surface area contributed by atoms with Crippen molar-refractivity contribution in [3.05, 3.63) is 246 Å². The molecule has 9 aromatic carbocycles. The molecule has 9 aromatic rings. The lowest BCUT2D eigenvalue weighted by Gasteiger charge is -2.44. The lowest BCUT2D eigenvalue weighted by atomic mass is 9.59. The molecule has 4 saturated carbocycles. The minimum absolute atomic E-state index is 0.0753. The normalized spacial score (nSPS) is 22.4. The van der Waals surface area contributed by atoms with Crippen molar-refractivity contribution in [3.8, 4) is 55.6 Å². The third kappa shape index (κ3) is 4.54. The Kier molecular flexibility index (Phi) is 7.33. The first-order valence-corrected chi connectivity index (χ1v) is 24.0. The molecule has 1 nitrogen and oxygen atoms in total. The Bertz CT molecular complexity index is 3380. The summed E-state index contributed by atoms with van der Waals surface area (Å²) in [6.07, 6.45) is 5.53. The second-order valence-corrected chi connectivity index (χ2v) is 19.9. The first-order chi connectivity index (χ1) is 32.2. The molecule has 0 saturated heterocycles. The van der Waals surface area contributed by atoms with Gasteiger partial charge in [-0.2, -0.15) is 0 Å². The van der Waals surface area contributed by atoms with Crippen LogP contribution in [0.15, 0.2) is 212 Å². The quantitative estimate of drug-likeness (QED) is 0.167. The van der Waals surface area contributed by atoms with E-state index in [-0.39, 0.29) is 5.41 Å². The summed E-state index contributed by atoms with van der Waals surface area (Å²) < 4.78 is 0. The predicted octanol–water partition coefficient (Wildman–Crippen LogP) is 16.2. The molecule has 2 spiro atoms. The summed E-state index contributed by atoms with van der Waals surface area (Å²) in [6, 6.07) is 81.1. The Morgan fingerprint density at radius 2 is 0.877 bits per heavy atom. The number of benzene rings is 9. The maximum absolute atomic E-state index is 2.67. The topological polar surface area (TPSA) is 3.24 Å². The van der Waals surface area contributed by atoms with Gasteiger partial charge in [0.05, 0.1) is 16.8 Å². The first kappa shape index (κ1) is 36.2. The van der Waals surface area contributed by atoms with Gasteiger partial charge in [0.25, 0.3) is 0 Å². The molecule has 0 amide bonds. The van der Waals surface area contributed by atoms with Gasteiger partial charge in [-0.1, -0.05) is 188 Å². The Morgan fingerprint density at radius 3 is 1.55 bits per heavy atom. The fraction of sp³-hybridized carbons (Fsp3) is 0.156. The summed E-state index contributed by atoms with van der Waals surface area (Å²) in [5, 5.41) is 0. The van der Waals surface area contributed by atoms with Crippen molar-refractivity contribution in [3.63, 3.8) is 0 Å². The largest absolute Gasteiger partial charge is 0.309 e. The summed E-state index contributed by atoms with van der Waals surface area (Å²) in [7, 11) is 0. The van der Waals surface area contributed by atoms with E-state index in [9.17, 15) is 0 Å². The van der Waals surface area contributed by atoms with Crippen LogP contribution < -0.4 is 4.90 Å². The smallest absolute Gasteiger partial charge is 0.0725 e. The maximum atomic E-state index is 2.67. The average Bonchev–Trinajstić information content (AvgIpc) is 4.10. The molecular weight excluding hydrogens is 783 g/mol. The van der Waals surface area contributed by atoms with Gasteiger partial charge in [-0.25, -0.2) is 0 Å². The summed E-state index contributed by atoms with van der Waals surface area (Å²) in [6.45, 7) is 0. The van der Waals surface area contributed by atoms with Gasteiger partial charge >= 0.3 is 0 Å². The Morgan fingerprint density at radius 1 is 0.354 bits per heavy atom. The van der Waals surface area contributed by atoms with E-state index in [1.54, 1.807) is 11.1 Å². The van der Waals surface area contributed by atoms with Crippen molar-refractivity contribution in [2.75, 3.05) is 4.90 Å². The standard InChI is InChI=1S/C64H47N/c1-3-17-41(18-4-1)46-25-15-31-59(61(46)42-19-5-2-6-20-42)65(60-32-16-30-57-62(60)50-24-10-14-29-55(50)63(57)44-36-40-35-43(38-44)58(63)37-40)45-33-34-56-51(39-45)49-23-9-13-28-54(49)64(56)52-26-11-7-21-47(52)48-22-8-12-27-53(48)64/h1-34,39-40,43-44,58H,35-38H2. The molecule has 0 aliphatic heterocycles. The summed E-state index contributed by atoms with van der Waals surface area (Å²) in [5.74, 6) is 3.14. The van der Waals surface area contributed by atoms with E-state index in [2.05, 4.69) is 217 Å². The van der Waals surface area contributed by atoms with Gasteiger partial charge in [-0.15, -0.1) is 0 Å². The molecule has 7 aliphatic rings. The Balaban J connectivity index is 1.04. The molecule has 0 N–H and O–H groups in total. The molecule has 0 aromatic heterocycles. The van der Waals surface area contributed by atoms with Gasteiger partial charge in [0.15, 0.2) is 0 Å². The van der Waals surface area contributed by atoms with Crippen LogP contribution in [0.1, 0.15) is 59.1 Å². The Hall–Kier alpha value is -7.22. The molecular formula is C64H47N.